The number of esters is 6. The topological polar surface area (TPSA) is 247 Å². The summed E-state index contributed by atoms with van der Waals surface area (Å²) >= 11 is 0. The Bertz CT molecular complexity index is 3960. The van der Waals surface area contributed by atoms with Gasteiger partial charge < -0.3 is 56.8 Å². The molecule has 0 radical (unpaired) electrons. The van der Waals surface area contributed by atoms with Crippen LogP contribution in [-0.4, -0.2) is 112 Å². The van der Waals surface area contributed by atoms with E-state index in [9.17, 15) is 38.4 Å². The molecule has 2 fully saturated rings. The van der Waals surface area contributed by atoms with Crippen molar-refractivity contribution in [3.05, 3.63) is 193 Å². The highest BCUT2D eigenvalue weighted by atomic mass is 16.7. The summed E-state index contributed by atoms with van der Waals surface area (Å²) in [5, 5.41) is 6.57. The molecule has 2 aliphatic heterocycles. The van der Waals surface area contributed by atoms with E-state index in [-0.39, 0.29) is 45.4 Å². The Morgan fingerprint density at radius 1 is 0.409 bits per heavy atom. The zero-order valence-electron chi connectivity index (χ0n) is 48.0. The standard InChI is InChI=1S/C38H34O13.C30H26O7/c1-3-33(40)44-14-4-5-15-45-38(43)50-30-13-11-24-16-27(8-6-26(24)19-30)36(41)49-29-12-10-23-17-28(9-7-25(23)18-29)37(42)51-32-21-47-34-31(48-22(2)39)20-46-35(32)34;1-3-28(31)34-14-4-5-15-35-30(33)37-27-13-11-22-17-25(9-8-24(22)19-27)29(32)36-26-12-10-21-16-20(2)6-7-23(21)18-26/h3,6-13,16-19,31-32,34-35H,1,4-5,14-15,20-21H2,2H3;3,6-13,16-19H,1,4-5,14-15H2,2H3/t31-,32-,34?,35?;/m1./s1. The van der Waals surface area contributed by atoms with Gasteiger partial charge in [-0.3, -0.25) is 4.79 Å². The first-order valence-corrected chi connectivity index (χ1v) is 28.0. The van der Waals surface area contributed by atoms with E-state index in [1.54, 1.807) is 115 Å². The molecule has 2 unspecified atom stereocenters. The van der Waals surface area contributed by atoms with Crippen molar-refractivity contribution in [2.75, 3.05) is 39.6 Å². The third-order valence-electron chi connectivity index (χ3n) is 13.8. The lowest BCUT2D eigenvalue weighted by atomic mass is 10.1. The van der Waals surface area contributed by atoms with Crippen molar-refractivity contribution in [3.8, 4) is 23.0 Å². The van der Waals surface area contributed by atoms with Crippen LogP contribution in [0.1, 0.15) is 69.2 Å². The summed E-state index contributed by atoms with van der Waals surface area (Å²) in [7, 11) is 0. The van der Waals surface area contributed by atoms with Crippen LogP contribution in [0.15, 0.2) is 171 Å². The third kappa shape index (κ3) is 16.9. The SMILES string of the molecule is C=CC(=O)OCCCCOC(=O)Oc1ccc2cc(C(=O)Oc3ccc4cc(C(=O)O[C@@H]5COC6C5OC[C@H]6OC(C)=O)ccc4c3)ccc2c1.C=CC(=O)OCCCCOC(=O)Oc1ccc2cc(C(=O)Oc3ccc4cc(C)ccc4c3)ccc2c1. The fourth-order valence-electron chi connectivity index (χ4n) is 9.47. The number of aryl methyl sites for hydroxylation is 1. The number of rotatable bonds is 21. The molecule has 0 bridgehead atoms. The number of ether oxygens (including phenoxy) is 12. The van der Waals surface area contributed by atoms with Crippen molar-refractivity contribution in [1.82, 2.24) is 0 Å². The van der Waals surface area contributed by atoms with Crippen molar-refractivity contribution >= 4 is 91.2 Å². The summed E-state index contributed by atoms with van der Waals surface area (Å²) < 4.78 is 63.9. The van der Waals surface area contributed by atoms with Gasteiger partial charge in [0, 0.05) is 19.1 Å². The average Bonchev–Trinajstić information content (AvgIpc) is 4.34. The highest BCUT2D eigenvalue weighted by molar-refractivity contribution is 6.00. The smallest absolute Gasteiger partial charge is 0.463 e. The van der Waals surface area contributed by atoms with Gasteiger partial charge in [-0.05, 0) is 161 Å². The summed E-state index contributed by atoms with van der Waals surface area (Å²) in [6.45, 7) is 11.0. The van der Waals surface area contributed by atoms with Crippen LogP contribution in [0.4, 0.5) is 9.59 Å². The molecule has 0 spiro atoms. The van der Waals surface area contributed by atoms with E-state index in [1.165, 1.54) is 12.5 Å². The van der Waals surface area contributed by atoms with Gasteiger partial charge in [-0.2, -0.15) is 0 Å². The van der Waals surface area contributed by atoms with Crippen LogP contribution in [0.5, 0.6) is 23.0 Å². The molecule has 0 aromatic heterocycles. The van der Waals surface area contributed by atoms with Crippen LogP contribution in [0, 0.1) is 6.92 Å². The second-order valence-corrected chi connectivity index (χ2v) is 20.2. The molecule has 0 N–H and O–H groups in total. The van der Waals surface area contributed by atoms with Gasteiger partial charge in [-0.1, -0.05) is 79.4 Å². The van der Waals surface area contributed by atoms with E-state index in [1.807, 2.05) is 31.2 Å². The molecule has 8 aromatic carbocycles. The molecule has 0 aliphatic carbocycles. The second-order valence-electron chi connectivity index (χ2n) is 20.2. The Hall–Kier alpha value is -10.4. The highest BCUT2D eigenvalue weighted by Gasteiger charge is 2.51. The van der Waals surface area contributed by atoms with Gasteiger partial charge in [0.25, 0.3) is 0 Å². The Balaban J connectivity index is 0.000000221. The van der Waals surface area contributed by atoms with Gasteiger partial charge in [0.2, 0.25) is 0 Å². The van der Waals surface area contributed by atoms with E-state index >= 15 is 0 Å². The molecular weight excluding hydrogens is 1140 g/mol. The molecule has 20 heteroatoms. The summed E-state index contributed by atoms with van der Waals surface area (Å²) in [6, 6.07) is 41.9. The number of unbranched alkanes of at least 4 members (excludes halogenated alkanes) is 2. The lowest BCUT2D eigenvalue weighted by Gasteiger charge is -2.17. The molecule has 452 valence electrons. The van der Waals surface area contributed by atoms with Crippen molar-refractivity contribution < 1.29 is 95.2 Å². The molecule has 8 aromatic rings. The first-order chi connectivity index (χ1) is 42.6. The number of hydrogen-bond acceptors (Lipinski definition) is 20. The van der Waals surface area contributed by atoms with Crippen LogP contribution in [-0.2, 0) is 52.3 Å². The van der Waals surface area contributed by atoms with Crippen LogP contribution < -0.4 is 18.9 Å². The first kappa shape index (κ1) is 62.1. The molecule has 20 nitrogen and oxygen atoms in total. The molecule has 10 rings (SSSR count). The maximum Gasteiger partial charge on any atom is 0.513 e. The molecule has 0 saturated carbocycles. The summed E-state index contributed by atoms with van der Waals surface area (Å²) in [6.07, 6.45) is 0.376. The Morgan fingerprint density at radius 3 is 1.14 bits per heavy atom. The maximum atomic E-state index is 13.0. The molecule has 88 heavy (non-hydrogen) atoms. The summed E-state index contributed by atoms with van der Waals surface area (Å²) in [5.74, 6) is -1.62. The van der Waals surface area contributed by atoms with Gasteiger partial charge in [0.05, 0.1) is 56.3 Å². The fraction of sp³-hybridized carbons (Fsp3) is 0.235. The molecule has 2 saturated heterocycles. The second kappa shape index (κ2) is 29.6. The van der Waals surface area contributed by atoms with Gasteiger partial charge in [-0.25, -0.2) is 33.6 Å². The average molecular weight is 1200 g/mol. The van der Waals surface area contributed by atoms with Gasteiger partial charge in [0.1, 0.15) is 35.2 Å². The molecule has 2 heterocycles. The van der Waals surface area contributed by atoms with Crippen LogP contribution in [0.3, 0.4) is 0 Å². The van der Waals surface area contributed by atoms with E-state index < -0.39 is 72.5 Å². The van der Waals surface area contributed by atoms with Gasteiger partial charge in [-0.15, -0.1) is 0 Å². The van der Waals surface area contributed by atoms with E-state index in [0.717, 1.165) is 55.2 Å². The van der Waals surface area contributed by atoms with E-state index in [0.29, 0.717) is 59.6 Å². The Labute approximate surface area is 504 Å². The zero-order chi connectivity index (χ0) is 62.1. The quantitative estimate of drug-likeness (QED) is 0.0162. The van der Waals surface area contributed by atoms with Crippen LogP contribution in [0.25, 0.3) is 43.1 Å². The number of carbonyl (C=O) groups is 8. The normalized spacial score (nSPS) is 15.6. The monoisotopic (exact) mass is 1200 g/mol. The van der Waals surface area contributed by atoms with Gasteiger partial charge in [0.15, 0.2) is 12.2 Å². The molecule has 4 atom stereocenters. The minimum Gasteiger partial charge on any atom is -0.463 e. The number of carbonyl (C=O) groups excluding carboxylic acids is 8. The van der Waals surface area contributed by atoms with Crippen LogP contribution in [0.2, 0.25) is 0 Å². The van der Waals surface area contributed by atoms with Crippen molar-refractivity contribution in [1.29, 1.82) is 0 Å². The predicted octanol–water partition coefficient (Wildman–Crippen LogP) is 12.0. The van der Waals surface area contributed by atoms with Gasteiger partial charge >= 0.3 is 48.1 Å². The fourth-order valence-corrected chi connectivity index (χ4v) is 9.47. The van der Waals surface area contributed by atoms with Crippen LogP contribution >= 0.6 is 0 Å². The summed E-state index contributed by atoms with van der Waals surface area (Å²) in [4.78, 5) is 96.1. The lowest BCUT2D eigenvalue weighted by molar-refractivity contribution is -0.151. The molecule has 2 aliphatic rings. The molecular formula is C68H60O20. The maximum absolute atomic E-state index is 13.0. The zero-order valence-corrected chi connectivity index (χ0v) is 48.0. The van der Waals surface area contributed by atoms with E-state index in [2.05, 4.69) is 19.2 Å². The number of hydrogen-bond donors (Lipinski definition) is 0. The largest absolute Gasteiger partial charge is 0.513 e. The Morgan fingerprint density at radius 2 is 0.739 bits per heavy atom. The van der Waals surface area contributed by atoms with Crippen molar-refractivity contribution in [2.24, 2.45) is 0 Å². The first-order valence-electron chi connectivity index (χ1n) is 28.0. The van der Waals surface area contributed by atoms with Crippen molar-refractivity contribution in [3.63, 3.8) is 0 Å². The highest BCUT2D eigenvalue weighted by Crippen LogP contribution is 2.33. The number of benzene rings is 8. The number of fused-ring (bicyclic) bond motifs is 5. The Kier molecular flexibility index (Phi) is 20.9. The minimum absolute atomic E-state index is 0.104. The minimum atomic E-state index is -0.864. The van der Waals surface area contributed by atoms with Crippen molar-refractivity contribution in [2.45, 2.75) is 63.9 Å². The lowest BCUT2D eigenvalue weighted by Crippen LogP contribution is -2.35. The third-order valence-corrected chi connectivity index (χ3v) is 13.8. The predicted molar refractivity (Wildman–Crippen MR) is 319 cm³/mol. The summed E-state index contributed by atoms with van der Waals surface area (Å²) in [5.41, 5.74) is 2.21. The molecule has 0 amide bonds. The van der Waals surface area contributed by atoms with E-state index in [4.69, 9.17) is 56.8 Å².